The first-order valence-corrected chi connectivity index (χ1v) is 9.73. The lowest BCUT2D eigenvalue weighted by Crippen LogP contribution is -2.25. The molecule has 0 atom stereocenters. The summed E-state index contributed by atoms with van der Waals surface area (Å²) in [6, 6.07) is 9.62. The lowest BCUT2D eigenvalue weighted by Gasteiger charge is -2.06. The van der Waals surface area contributed by atoms with Crippen LogP contribution < -0.4 is 10.6 Å². The maximum absolute atomic E-state index is 12.1. The third-order valence-corrected chi connectivity index (χ3v) is 4.60. The lowest BCUT2D eigenvalue weighted by atomic mass is 10.2. The number of fused-ring (bicyclic) bond motifs is 1. The minimum atomic E-state index is -0.470. The largest absolute Gasteiger partial charge is 0.467 e. The van der Waals surface area contributed by atoms with Gasteiger partial charge in [0.2, 0.25) is 5.91 Å². The van der Waals surface area contributed by atoms with Crippen molar-refractivity contribution in [3.63, 3.8) is 0 Å². The summed E-state index contributed by atoms with van der Waals surface area (Å²) in [4.78, 5) is 30.8. The zero-order valence-corrected chi connectivity index (χ0v) is 16.8. The molecule has 0 aliphatic heterocycles. The first-order chi connectivity index (χ1) is 15.6. The van der Waals surface area contributed by atoms with Crippen LogP contribution in [0.2, 0.25) is 0 Å². The average molecular weight is 433 g/mol. The van der Waals surface area contributed by atoms with Crippen LogP contribution >= 0.6 is 0 Å². The quantitative estimate of drug-likeness (QED) is 0.233. The molecule has 11 heteroatoms. The van der Waals surface area contributed by atoms with Gasteiger partial charge in [-0.05, 0) is 35.9 Å². The molecule has 0 saturated carbocycles. The normalized spacial score (nSPS) is 11.1. The summed E-state index contributed by atoms with van der Waals surface area (Å²) < 4.78 is 7.00. The number of carbonyl (C=O) groups is 1. The molecule has 2 N–H and O–H groups in total. The van der Waals surface area contributed by atoms with E-state index in [1.54, 1.807) is 35.4 Å². The van der Waals surface area contributed by atoms with Gasteiger partial charge in [0.25, 0.3) is 5.69 Å². The van der Waals surface area contributed by atoms with Crippen molar-refractivity contribution in [3.8, 4) is 0 Å². The smallest absolute Gasteiger partial charge is 0.269 e. The monoisotopic (exact) mass is 433 g/mol. The number of anilines is 1. The van der Waals surface area contributed by atoms with Crippen molar-refractivity contribution >= 4 is 34.5 Å². The Bertz CT molecular complexity index is 1250. The number of furan rings is 1. The number of aromatic nitrogens is 4. The van der Waals surface area contributed by atoms with E-state index in [4.69, 9.17) is 4.42 Å². The molecule has 0 radical (unpaired) electrons. The third kappa shape index (κ3) is 4.95. The van der Waals surface area contributed by atoms with Crippen molar-refractivity contribution in [2.24, 2.45) is 0 Å². The van der Waals surface area contributed by atoms with Gasteiger partial charge in [0.1, 0.15) is 17.9 Å². The lowest BCUT2D eigenvalue weighted by molar-refractivity contribution is -0.384. The van der Waals surface area contributed by atoms with Gasteiger partial charge >= 0.3 is 0 Å². The molecule has 3 aromatic heterocycles. The van der Waals surface area contributed by atoms with Gasteiger partial charge in [-0.15, -0.1) is 0 Å². The molecule has 0 bridgehead atoms. The van der Waals surface area contributed by atoms with Gasteiger partial charge in [0, 0.05) is 24.8 Å². The first-order valence-electron chi connectivity index (χ1n) is 9.73. The number of benzene rings is 1. The fourth-order valence-corrected chi connectivity index (χ4v) is 3.00. The highest BCUT2D eigenvalue weighted by molar-refractivity contribution is 5.91. The molecule has 0 spiro atoms. The van der Waals surface area contributed by atoms with Crippen molar-refractivity contribution in [3.05, 3.63) is 82.7 Å². The fourth-order valence-electron chi connectivity index (χ4n) is 3.00. The number of amides is 1. The summed E-state index contributed by atoms with van der Waals surface area (Å²) in [5.41, 5.74) is 1.34. The van der Waals surface area contributed by atoms with Gasteiger partial charge < -0.3 is 15.1 Å². The Kier molecular flexibility index (Phi) is 6.16. The van der Waals surface area contributed by atoms with Crippen molar-refractivity contribution in [1.29, 1.82) is 0 Å². The van der Waals surface area contributed by atoms with Gasteiger partial charge in [-0.25, -0.2) is 14.6 Å². The molecule has 0 saturated heterocycles. The second-order valence-electron chi connectivity index (χ2n) is 6.73. The van der Waals surface area contributed by atoms with Crippen LogP contribution in [0.1, 0.15) is 11.3 Å². The highest BCUT2D eigenvalue weighted by atomic mass is 16.6. The Morgan fingerprint density at radius 2 is 2.06 bits per heavy atom. The molecule has 0 unspecified atom stereocenters. The number of carbonyl (C=O) groups excluding carboxylic acids is 1. The van der Waals surface area contributed by atoms with E-state index in [0.717, 1.165) is 11.1 Å². The van der Waals surface area contributed by atoms with E-state index in [-0.39, 0.29) is 11.6 Å². The topological polar surface area (TPSA) is 141 Å². The van der Waals surface area contributed by atoms with Gasteiger partial charge in [0.15, 0.2) is 5.65 Å². The summed E-state index contributed by atoms with van der Waals surface area (Å²) in [7, 11) is 0. The minimum absolute atomic E-state index is 0.00110. The van der Waals surface area contributed by atoms with Crippen LogP contribution in [-0.2, 0) is 17.9 Å². The molecule has 1 amide bonds. The predicted octanol–water partition coefficient (Wildman–Crippen LogP) is 2.77. The average Bonchev–Trinajstić information content (AvgIpc) is 3.47. The molecule has 32 heavy (non-hydrogen) atoms. The number of rotatable bonds is 9. The van der Waals surface area contributed by atoms with E-state index in [2.05, 4.69) is 25.7 Å². The standard InChI is InChI=1S/C21H19N7O4/c29-19(8-5-15-3-6-16(7-4-15)28(30)31)22-9-10-27-21-18(13-26-27)20(24-14-25-21)23-12-17-2-1-11-32-17/h1-8,11,13-14H,9-10,12H2,(H,22,29)(H,23,24,25)/b8-5+. The molecule has 162 valence electrons. The Hall–Kier alpha value is -4.54. The zero-order valence-electron chi connectivity index (χ0n) is 16.8. The van der Waals surface area contributed by atoms with Crippen molar-refractivity contribution in [1.82, 2.24) is 25.1 Å². The van der Waals surface area contributed by atoms with Crippen LogP contribution in [-0.4, -0.2) is 37.1 Å². The zero-order chi connectivity index (χ0) is 22.3. The molecule has 0 aliphatic rings. The second-order valence-corrected chi connectivity index (χ2v) is 6.73. The molecule has 11 nitrogen and oxygen atoms in total. The van der Waals surface area contributed by atoms with Gasteiger partial charge in [-0.1, -0.05) is 0 Å². The van der Waals surface area contributed by atoms with Crippen LogP contribution in [0.4, 0.5) is 11.5 Å². The molecule has 0 fully saturated rings. The van der Waals surface area contributed by atoms with Crippen LogP contribution in [0.5, 0.6) is 0 Å². The Balaban J connectivity index is 1.31. The molecular formula is C21H19N7O4. The molecule has 1 aromatic carbocycles. The van der Waals surface area contributed by atoms with Crippen molar-refractivity contribution in [2.45, 2.75) is 13.1 Å². The maximum Gasteiger partial charge on any atom is 0.269 e. The number of nitro benzene ring substituents is 1. The molecular weight excluding hydrogens is 414 g/mol. The third-order valence-electron chi connectivity index (χ3n) is 4.60. The number of nitro groups is 1. The molecule has 4 rings (SSSR count). The number of nitrogens with one attached hydrogen (secondary N) is 2. The van der Waals surface area contributed by atoms with Crippen molar-refractivity contribution < 1.29 is 14.1 Å². The predicted molar refractivity (Wildman–Crippen MR) is 116 cm³/mol. The van der Waals surface area contributed by atoms with Crippen LogP contribution in [0, 0.1) is 10.1 Å². The van der Waals surface area contributed by atoms with E-state index in [1.807, 2.05) is 12.1 Å². The van der Waals surface area contributed by atoms with Crippen molar-refractivity contribution in [2.75, 3.05) is 11.9 Å². The van der Waals surface area contributed by atoms with E-state index in [1.165, 1.54) is 24.5 Å². The summed E-state index contributed by atoms with van der Waals surface area (Å²) in [6.45, 7) is 1.26. The SMILES string of the molecule is O=C(/C=C/c1ccc([N+](=O)[O-])cc1)NCCn1ncc2c(NCc3ccco3)ncnc21. The van der Waals surface area contributed by atoms with Gasteiger partial charge in [-0.3, -0.25) is 14.9 Å². The number of nitrogens with zero attached hydrogens (tertiary/aromatic N) is 5. The van der Waals surface area contributed by atoms with Crippen LogP contribution in [0.25, 0.3) is 17.1 Å². The fraction of sp³-hybridized carbons (Fsp3) is 0.143. The Labute approximate surface area is 181 Å². The number of non-ortho nitro benzene ring substituents is 1. The van der Waals surface area contributed by atoms with E-state index >= 15 is 0 Å². The highest BCUT2D eigenvalue weighted by Gasteiger charge is 2.10. The number of hydrogen-bond acceptors (Lipinski definition) is 8. The van der Waals surface area contributed by atoms with Crippen LogP contribution in [0.3, 0.4) is 0 Å². The summed E-state index contributed by atoms with van der Waals surface area (Å²) in [5, 5.41) is 21.8. The van der Waals surface area contributed by atoms with Crippen LogP contribution in [0.15, 0.2) is 65.7 Å². The van der Waals surface area contributed by atoms with Gasteiger partial charge in [-0.2, -0.15) is 5.10 Å². The minimum Gasteiger partial charge on any atom is -0.467 e. The summed E-state index contributed by atoms with van der Waals surface area (Å²) in [5.74, 6) is 1.15. The molecule has 0 aliphatic carbocycles. The molecule has 3 heterocycles. The maximum atomic E-state index is 12.1. The molecule has 4 aromatic rings. The summed E-state index contributed by atoms with van der Waals surface area (Å²) in [6.07, 6.45) is 7.71. The van der Waals surface area contributed by atoms with E-state index < -0.39 is 4.92 Å². The highest BCUT2D eigenvalue weighted by Crippen LogP contribution is 2.19. The second kappa shape index (κ2) is 9.51. The summed E-state index contributed by atoms with van der Waals surface area (Å²) >= 11 is 0. The van der Waals surface area contributed by atoms with E-state index in [0.29, 0.717) is 36.7 Å². The van der Waals surface area contributed by atoms with Gasteiger partial charge in [0.05, 0.1) is 35.9 Å². The number of hydrogen-bond donors (Lipinski definition) is 2. The Morgan fingerprint density at radius 1 is 1.22 bits per heavy atom. The first kappa shape index (κ1) is 20.7. The van der Waals surface area contributed by atoms with E-state index in [9.17, 15) is 14.9 Å². The Morgan fingerprint density at radius 3 is 2.81 bits per heavy atom.